The van der Waals surface area contributed by atoms with E-state index in [2.05, 4.69) is 16.6 Å². The van der Waals surface area contributed by atoms with Gasteiger partial charge in [0.2, 0.25) is 0 Å². The minimum Gasteiger partial charge on any atom is -0.451 e. The number of hydrogen-bond acceptors (Lipinski definition) is 4. The molecule has 0 radical (unpaired) electrons. The van der Waals surface area contributed by atoms with Crippen molar-refractivity contribution in [3.8, 4) is 6.07 Å². The fourth-order valence-electron chi connectivity index (χ4n) is 4.01. The second kappa shape index (κ2) is 7.47. The third kappa shape index (κ3) is 3.13. The van der Waals surface area contributed by atoms with Crippen LogP contribution in [0, 0.1) is 18.3 Å². The fourth-order valence-corrected chi connectivity index (χ4v) is 4.01. The first-order valence-corrected chi connectivity index (χ1v) is 9.87. The lowest BCUT2D eigenvalue weighted by Gasteiger charge is -2.01. The molecule has 0 saturated carbocycles. The van der Waals surface area contributed by atoms with Gasteiger partial charge in [-0.15, -0.1) is 0 Å². The molecule has 31 heavy (non-hydrogen) atoms. The van der Waals surface area contributed by atoms with E-state index < -0.39 is 5.91 Å². The number of rotatable bonds is 4. The van der Waals surface area contributed by atoms with Crippen molar-refractivity contribution < 1.29 is 9.21 Å². The number of fused-ring (bicyclic) bond motifs is 4. The van der Waals surface area contributed by atoms with Gasteiger partial charge in [-0.25, -0.2) is 5.43 Å². The highest BCUT2D eigenvalue weighted by Crippen LogP contribution is 2.28. The molecule has 1 N–H and O–H groups in total. The Morgan fingerprint density at radius 1 is 1.10 bits per heavy atom. The van der Waals surface area contributed by atoms with Gasteiger partial charge in [0.05, 0.1) is 12.3 Å². The lowest BCUT2D eigenvalue weighted by Crippen LogP contribution is -2.16. The Balaban J connectivity index is 1.44. The highest BCUT2D eigenvalue weighted by Gasteiger charge is 2.15. The van der Waals surface area contributed by atoms with Gasteiger partial charge in [0.1, 0.15) is 12.1 Å². The lowest BCUT2D eigenvalue weighted by molar-refractivity contribution is 0.0929. The molecular formula is C25H18N4O2. The molecule has 5 rings (SSSR count). The van der Waals surface area contributed by atoms with Crippen LogP contribution in [0.3, 0.4) is 0 Å². The molecule has 2 aromatic heterocycles. The standard InChI is InChI=1S/C25H18N4O2/c1-16-21(19-8-4-5-9-22(19)29(16)13-12-26)15-27-28-25(30)24-14-20-18-7-3-2-6-17(18)10-11-23(20)31-24/h2-11,14-15H,13H2,1H3,(H,28,30). The number of amides is 1. The molecule has 1 amide bonds. The molecule has 0 aliphatic heterocycles. The summed E-state index contributed by atoms with van der Waals surface area (Å²) < 4.78 is 7.68. The monoisotopic (exact) mass is 406 g/mol. The summed E-state index contributed by atoms with van der Waals surface area (Å²) in [6.45, 7) is 2.18. The summed E-state index contributed by atoms with van der Waals surface area (Å²) >= 11 is 0. The van der Waals surface area contributed by atoms with Crippen LogP contribution in [-0.2, 0) is 6.54 Å². The van der Waals surface area contributed by atoms with Gasteiger partial charge in [-0.05, 0) is 35.9 Å². The van der Waals surface area contributed by atoms with Crippen LogP contribution in [0.5, 0.6) is 0 Å². The lowest BCUT2D eigenvalue weighted by atomic mass is 10.1. The van der Waals surface area contributed by atoms with E-state index in [-0.39, 0.29) is 12.3 Å². The third-order valence-corrected chi connectivity index (χ3v) is 5.52. The zero-order valence-electron chi connectivity index (χ0n) is 16.8. The smallest absolute Gasteiger partial charge is 0.307 e. The highest BCUT2D eigenvalue weighted by atomic mass is 16.3. The Morgan fingerprint density at radius 2 is 1.87 bits per heavy atom. The van der Waals surface area contributed by atoms with E-state index in [4.69, 9.17) is 9.68 Å². The Kier molecular flexibility index (Phi) is 4.49. The Bertz CT molecular complexity index is 1530. The third-order valence-electron chi connectivity index (χ3n) is 5.52. The van der Waals surface area contributed by atoms with Gasteiger partial charge in [0, 0.05) is 27.5 Å². The number of nitrogens with one attached hydrogen (secondary N) is 1. The van der Waals surface area contributed by atoms with Crippen molar-refractivity contribution in [1.82, 2.24) is 9.99 Å². The fraction of sp³-hybridized carbons (Fsp3) is 0.0800. The molecule has 150 valence electrons. The number of nitriles is 1. The van der Waals surface area contributed by atoms with E-state index >= 15 is 0 Å². The van der Waals surface area contributed by atoms with Crippen molar-refractivity contribution in [1.29, 1.82) is 5.26 Å². The van der Waals surface area contributed by atoms with Gasteiger partial charge in [-0.1, -0.05) is 48.5 Å². The number of hydrazone groups is 1. The summed E-state index contributed by atoms with van der Waals surface area (Å²) in [6, 6.07) is 23.6. The Hall–Kier alpha value is -4.37. The van der Waals surface area contributed by atoms with Crippen molar-refractivity contribution in [2.24, 2.45) is 5.10 Å². The molecule has 0 atom stereocenters. The molecule has 2 heterocycles. The summed E-state index contributed by atoms with van der Waals surface area (Å²) in [5.74, 6) is -0.220. The van der Waals surface area contributed by atoms with E-state index in [1.165, 1.54) is 0 Å². The van der Waals surface area contributed by atoms with Crippen LogP contribution in [0.1, 0.15) is 21.8 Å². The quantitative estimate of drug-likeness (QED) is 0.331. The molecule has 6 heteroatoms. The predicted molar refractivity (Wildman–Crippen MR) is 121 cm³/mol. The Labute approximate surface area is 178 Å². The number of nitrogens with zero attached hydrogens (tertiary/aromatic N) is 3. The average Bonchev–Trinajstić information content (AvgIpc) is 3.35. The maximum absolute atomic E-state index is 12.6. The van der Waals surface area contributed by atoms with Gasteiger partial charge in [-0.3, -0.25) is 4.79 Å². The van der Waals surface area contributed by atoms with Gasteiger partial charge in [-0.2, -0.15) is 10.4 Å². The number of para-hydroxylation sites is 1. The Morgan fingerprint density at radius 3 is 2.71 bits per heavy atom. The maximum atomic E-state index is 12.6. The van der Waals surface area contributed by atoms with E-state index in [1.807, 2.05) is 72.2 Å². The average molecular weight is 406 g/mol. The van der Waals surface area contributed by atoms with E-state index in [0.29, 0.717) is 5.58 Å². The van der Waals surface area contributed by atoms with Gasteiger partial charge in [0.15, 0.2) is 5.76 Å². The molecule has 0 aliphatic rings. The van der Waals surface area contributed by atoms with Crippen molar-refractivity contribution in [2.45, 2.75) is 13.5 Å². The highest BCUT2D eigenvalue weighted by molar-refractivity contribution is 6.08. The number of carbonyl (C=O) groups is 1. The van der Waals surface area contributed by atoms with Gasteiger partial charge in [0.25, 0.3) is 0 Å². The summed E-state index contributed by atoms with van der Waals surface area (Å²) in [6.07, 6.45) is 1.61. The second-order valence-corrected chi connectivity index (χ2v) is 7.27. The summed E-state index contributed by atoms with van der Waals surface area (Å²) in [7, 11) is 0. The molecule has 0 bridgehead atoms. The van der Waals surface area contributed by atoms with Gasteiger partial charge >= 0.3 is 5.91 Å². The first-order chi connectivity index (χ1) is 15.2. The maximum Gasteiger partial charge on any atom is 0.307 e. The first-order valence-electron chi connectivity index (χ1n) is 9.87. The van der Waals surface area contributed by atoms with Crippen LogP contribution < -0.4 is 5.43 Å². The van der Waals surface area contributed by atoms with Crippen molar-refractivity contribution >= 4 is 44.8 Å². The number of furan rings is 1. The molecular weight excluding hydrogens is 388 g/mol. The van der Waals surface area contributed by atoms with E-state index in [1.54, 1.807) is 12.3 Å². The summed E-state index contributed by atoms with van der Waals surface area (Å²) in [4.78, 5) is 12.6. The molecule has 0 aliphatic carbocycles. The van der Waals surface area contributed by atoms with Crippen LogP contribution in [0.15, 0.2) is 76.2 Å². The van der Waals surface area contributed by atoms with Crippen LogP contribution in [0.2, 0.25) is 0 Å². The van der Waals surface area contributed by atoms with Crippen molar-refractivity contribution in [2.75, 3.05) is 0 Å². The minimum absolute atomic E-state index is 0.201. The SMILES string of the molecule is Cc1c(C=NNC(=O)c2cc3c(ccc4ccccc43)o2)c2ccccc2n1CC#N. The van der Waals surface area contributed by atoms with Crippen molar-refractivity contribution in [3.05, 3.63) is 83.7 Å². The molecule has 0 saturated heterocycles. The van der Waals surface area contributed by atoms with Gasteiger partial charge < -0.3 is 8.98 Å². The van der Waals surface area contributed by atoms with Crippen LogP contribution in [0.4, 0.5) is 0 Å². The number of benzene rings is 3. The second-order valence-electron chi connectivity index (χ2n) is 7.27. The minimum atomic E-state index is -0.421. The number of hydrogen-bond donors (Lipinski definition) is 1. The molecule has 5 aromatic rings. The molecule has 6 nitrogen and oxygen atoms in total. The largest absolute Gasteiger partial charge is 0.451 e. The number of aromatic nitrogens is 1. The van der Waals surface area contributed by atoms with Crippen molar-refractivity contribution in [3.63, 3.8) is 0 Å². The summed E-state index contributed by atoms with van der Waals surface area (Å²) in [5.41, 5.74) is 5.94. The number of carbonyl (C=O) groups excluding carboxylic acids is 1. The molecule has 0 spiro atoms. The van der Waals surface area contributed by atoms with E-state index in [9.17, 15) is 4.79 Å². The van der Waals surface area contributed by atoms with Crippen LogP contribution in [-0.4, -0.2) is 16.7 Å². The first kappa shape index (κ1) is 18.6. The zero-order valence-corrected chi connectivity index (χ0v) is 16.8. The van der Waals surface area contributed by atoms with E-state index in [0.717, 1.165) is 38.3 Å². The van der Waals surface area contributed by atoms with Crippen LogP contribution >= 0.6 is 0 Å². The van der Waals surface area contributed by atoms with Crippen LogP contribution in [0.25, 0.3) is 32.6 Å². The normalized spacial score (nSPS) is 11.5. The zero-order chi connectivity index (χ0) is 21.4. The summed E-state index contributed by atoms with van der Waals surface area (Å²) in [5, 5.41) is 17.3. The topological polar surface area (TPSA) is 83.3 Å². The molecule has 0 unspecified atom stereocenters. The predicted octanol–water partition coefficient (Wildman–Crippen LogP) is 5.14. The molecule has 3 aromatic carbocycles. The molecule has 0 fully saturated rings.